The van der Waals surface area contributed by atoms with Crippen LogP contribution in [-0.2, 0) is 5.54 Å². The Morgan fingerprint density at radius 2 is 1.85 bits per heavy atom. The fourth-order valence-corrected chi connectivity index (χ4v) is 4.93. The predicted molar refractivity (Wildman–Crippen MR) is 118 cm³/mol. The molecule has 4 heterocycles. The summed E-state index contributed by atoms with van der Waals surface area (Å²) in [6.45, 7) is 3.98. The van der Waals surface area contributed by atoms with Crippen LogP contribution in [-0.4, -0.2) is 46.2 Å². The second-order valence-electron chi connectivity index (χ2n) is 8.95. The van der Waals surface area contributed by atoms with Gasteiger partial charge in [0.1, 0.15) is 23.7 Å². The highest BCUT2D eigenvalue weighted by atomic mass is 19.3. The van der Waals surface area contributed by atoms with Crippen LogP contribution in [0.4, 0.5) is 19.0 Å². The van der Waals surface area contributed by atoms with Crippen molar-refractivity contribution in [3.05, 3.63) is 60.8 Å². The predicted octanol–water partition coefficient (Wildman–Crippen LogP) is 4.29. The van der Waals surface area contributed by atoms with Crippen molar-refractivity contribution in [3.63, 3.8) is 0 Å². The minimum atomic E-state index is -2.69. The number of fused-ring (bicyclic) bond motifs is 3. The number of rotatable bonds is 4. The first-order chi connectivity index (χ1) is 16.3. The van der Waals surface area contributed by atoms with Gasteiger partial charge in [0.05, 0.1) is 11.7 Å². The second-order valence-corrected chi connectivity index (χ2v) is 8.95. The number of nitrogens with zero attached hydrogens (tertiary/aromatic N) is 8. The van der Waals surface area contributed by atoms with Crippen LogP contribution in [0, 0.1) is 5.82 Å². The average Bonchev–Trinajstić information content (AvgIpc) is 3.49. The van der Waals surface area contributed by atoms with Gasteiger partial charge in [-0.1, -0.05) is 6.92 Å². The van der Waals surface area contributed by atoms with Crippen molar-refractivity contribution < 1.29 is 13.2 Å². The Labute approximate surface area is 193 Å². The van der Waals surface area contributed by atoms with Crippen LogP contribution in [0.3, 0.4) is 0 Å². The van der Waals surface area contributed by atoms with E-state index in [0.29, 0.717) is 41.1 Å². The Hall–Kier alpha value is -3.76. The molecule has 0 bridgehead atoms. The van der Waals surface area contributed by atoms with Gasteiger partial charge in [-0.05, 0) is 37.6 Å². The molecule has 6 rings (SSSR count). The Morgan fingerprint density at radius 3 is 2.56 bits per heavy atom. The first kappa shape index (κ1) is 20.8. The van der Waals surface area contributed by atoms with E-state index in [1.54, 1.807) is 41.6 Å². The normalized spacial score (nSPS) is 21.1. The molecule has 0 N–H and O–H groups in total. The number of benzene rings is 1. The lowest BCUT2D eigenvalue weighted by Crippen LogP contribution is -2.60. The molecule has 8 nitrogen and oxygen atoms in total. The highest BCUT2D eigenvalue weighted by Crippen LogP contribution is 2.50. The Morgan fingerprint density at radius 1 is 1.09 bits per heavy atom. The van der Waals surface area contributed by atoms with Gasteiger partial charge in [-0.3, -0.25) is 9.13 Å². The lowest BCUT2D eigenvalue weighted by molar-refractivity contribution is -0.0903. The monoisotopic (exact) mass is 466 g/mol. The molecule has 1 atom stereocenters. The van der Waals surface area contributed by atoms with Crippen molar-refractivity contribution in [1.82, 2.24) is 34.3 Å². The van der Waals surface area contributed by atoms with E-state index in [1.807, 2.05) is 23.3 Å². The topological polar surface area (TPSA) is 77.5 Å². The molecule has 11 heteroatoms. The second kappa shape index (κ2) is 7.12. The lowest BCUT2D eigenvalue weighted by Gasteiger charge is -2.53. The molecule has 0 unspecified atom stereocenters. The molecule has 34 heavy (non-hydrogen) atoms. The van der Waals surface area contributed by atoms with E-state index in [4.69, 9.17) is 4.98 Å². The van der Waals surface area contributed by atoms with Crippen LogP contribution in [0.25, 0.3) is 23.0 Å². The van der Waals surface area contributed by atoms with E-state index < -0.39 is 17.5 Å². The molecule has 4 aromatic rings. The van der Waals surface area contributed by atoms with Crippen LogP contribution < -0.4 is 4.90 Å². The number of hydrogen-bond acceptors (Lipinski definition) is 6. The van der Waals surface area contributed by atoms with Crippen molar-refractivity contribution in [1.29, 1.82) is 0 Å². The Kier molecular flexibility index (Phi) is 4.36. The largest absolute Gasteiger partial charge is 0.339 e. The molecule has 0 saturated heterocycles. The maximum atomic E-state index is 14.0. The van der Waals surface area contributed by atoms with E-state index in [2.05, 4.69) is 20.2 Å². The minimum absolute atomic E-state index is 0.249. The molecular weight excluding hydrogens is 445 g/mol. The van der Waals surface area contributed by atoms with Crippen molar-refractivity contribution in [3.8, 4) is 23.0 Å². The van der Waals surface area contributed by atoms with Gasteiger partial charge < -0.3 is 4.90 Å². The van der Waals surface area contributed by atoms with Gasteiger partial charge in [0.2, 0.25) is 5.95 Å². The fourth-order valence-electron chi connectivity index (χ4n) is 4.93. The van der Waals surface area contributed by atoms with Gasteiger partial charge in [-0.2, -0.15) is 4.98 Å². The molecule has 1 fully saturated rings. The van der Waals surface area contributed by atoms with Crippen molar-refractivity contribution in [2.75, 3.05) is 4.90 Å². The smallest absolute Gasteiger partial charge is 0.252 e. The van der Waals surface area contributed by atoms with Crippen LogP contribution in [0.15, 0.2) is 49.2 Å². The van der Waals surface area contributed by atoms with Gasteiger partial charge >= 0.3 is 0 Å². The Balaban J connectivity index is 1.51. The van der Waals surface area contributed by atoms with Gasteiger partial charge in [-0.25, -0.2) is 23.1 Å². The third kappa shape index (κ3) is 2.95. The maximum absolute atomic E-state index is 14.0. The van der Waals surface area contributed by atoms with Crippen molar-refractivity contribution in [2.24, 2.45) is 0 Å². The summed E-state index contributed by atoms with van der Waals surface area (Å²) in [7, 11) is 0. The van der Waals surface area contributed by atoms with Gasteiger partial charge in [0, 0.05) is 36.8 Å². The molecule has 174 valence electrons. The summed E-state index contributed by atoms with van der Waals surface area (Å²) >= 11 is 0. The van der Waals surface area contributed by atoms with E-state index in [1.165, 1.54) is 12.1 Å². The third-order valence-corrected chi connectivity index (χ3v) is 6.87. The van der Waals surface area contributed by atoms with Gasteiger partial charge in [0.15, 0.2) is 11.6 Å². The zero-order valence-corrected chi connectivity index (χ0v) is 18.5. The highest BCUT2D eigenvalue weighted by Gasteiger charge is 2.55. The molecule has 1 aromatic carbocycles. The summed E-state index contributed by atoms with van der Waals surface area (Å²) in [5.74, 6) is -0.948. The van der Waals surface area contributed by atoms with E-state index in [-0.39, 0.29) is 18.7 Å². The lowest BCUT2D eigenvalue weighted by atomic mass is 9.81. The molecule has 0 radical (unpaired) electrons. The summed E-state index contributed by atoms with van der Waals surface area (Å²) in [4.78, 5) is 15.8. The average molecular weight is 466 g/mol. The zero-order chi connectivity index (χ0) is 23.7. The quantitative estimate of drug-likeness (QED) is 0.447. The fraction of sp³-hybridized carbons (Fsp3) is 0.348. The van der Waals surface area contributed by atoms with Crippen LogP contribution in [0.1, 0.15) is 38.9 Å². The molecule has 0 amide bonds. The summed E-state index contributed by atoms with van der Waals surface area (Å²) < 4.78 is 44.9. The Bertz CT molecular complexity index is 1370. The van der Waals surface area contributed by atoms with Crippen LogP contribution >= 0.6 is 0 Å². The van der Waals surface area contributed by atoms with E-state index in [0.717, 1.165) is 0 Å². The number of hydrogen-bond donors (Lipinski definition) is 0. The molecule has 0 spiro atoms. The summed E-state index contributed by atoms with van der Waals surface area (Å²) in [5.41, 5.74) is 0.654. The van der Waals surface area contributed by atoms with Crippen LogP contribution in [0.5, 0.6) is 0 Å². The number of imidazole rings is 1. The molecule has 1 saturated carbocycles. The summed E-state index contributed by atoms with van der Waals surface area (Å²) in [6, 6.07) is 5.59. The first-order valence-corrected chi connectivity index (χ1v) is 11.1. The summed E-state index contributed by atoms with van der Waals surface area (Å²) in [6.07, 6.45) is 6.70. The van der Waals surface area contributed by atoms with E-state index in [9.17, 15) is 13.2 Å². The highest BCUT2D eigenvalue weighted by molar-refractivity contribution is 5.65. The first-order valence-electron chi connectivity index (χ1n) is 11.1. The van der Waals surface area contributed by atoms with Crippen LogP contribution in [0.2, 0.25) is 0 Å². The number of anilines is 1. The van der Waals surface area contributed by atoms with Crippen molar-refractivity contribution >= 4 is 5.82 Å². The molecule has 1 aliphatic carbocycles. The number of alkyl halides is 2. The summed E-state index contributed by atoms with van der Waals surface area (Å²) in [5, 5.41) is 8.40. The van der Waals surface area contributed by atoms with E-state index >= 15 is 0 Å². The standard InChI is InChI=1S/C23H21F3N8/c1-3-22(2)20-31-29-13-33(20)17-12-28-21(30-19(17)34(22)16-10-23(25,26)11-16)32-9-8-27-18(32)14-4-6-15(24)7-5-14/h4-9,12-13,16H,3,10-11H2,1-2H3/t22-/m1/s1. The molecule has 3 aromatic heterocycles. The molecular formula is C23H21F3N8. The SMILES string of the molecule is CC[C@]1(C)c2nncn2-c2cnc(-n3ccnc3-c3ccc(F)cc3)nc2N1C1CC(F)(F)C1. The number of halogens is 3. The van der Waals surface area contributed by atoms with Gasteiger partial charge in [0.25, 0.3) is 5.92 Å². The zero-order valence-electron chi connectivity index (χ0n) is 18.5. The number of aromatic nitrogens is 7. The molecule has 1 aliphatic heterocycles. The van der Waals surface area contributed by atoms with Crippen molar-refractivity contribution in [2.45, 2.75) is 50.6 Å². The molecule has 2 aliphatic rings. The van der Waals surface area contributed by atoms with Gasteiger partial charge in [-0.15, -0.1) is 10.2 Å². The minimum Gasteiger partial charge on any atom is -0.339 e. The third-order valence-electron chi connectivity index (χ3n) is 6.87. The maximum Gasteiger partial charge on any atom is 0.252 e.